The number of carbonyl (C=O) groups excluding carboxylic acids is 3. The molecule has 5 rings (SSSR count). The third-order valence-electron chi connectivity index (χ3n) is 7.91. The number of nitrogens with one attached hydrogen (secondary N) is 1. The Morgan fingerprint density at radius 3 is 2.49 bits per heavy atom. The van der Waals surface area contributed by atoms with E-state index in [0.717, 1.165) is 18.8 Å². The Labute approximate surface area is 240 Å². The maximum absolute atomic E-state index is 13.8. The van der Waals surface area contributed by atoms with E-state index in [1.54, 1.807) is 30.5 Å². The minimum Gasteiger partial charge on any atom is -0.378 e. The van der Waals surface area contributed by atoms with Gasteiger partial charge in [-0.2, -0.15) is 4.31 Å². The molecule has 1 aromatic heterocycles. The van der Waals surface area contributed by atoms with Crippen LogP contribution < -0.4 is 10.2 Å². The summed E-state index contributed by atoms with van der Waals surface area (Å²) in [6, 6.07) is 8.31. The highest BCUT2D eigenvalue weighted by Crippen LogP contribution is 2.33. The van der Waals surface area contributed by atoms with Gasteiger partial charge in [0.15, 0.2) is 5.78 Å². The fraction of sp³-hybridized carbons (Fsp3) is 0.517. The molecule has 0 spiro atoms. The van der Waals surface area contributed by atoms with Gasteiger partial charge < -0.3 is 19.9 Å². The normalized spacial score (nSPS) is 22.2. The summed E-state index contributed by atoms with van der Waals surface area (Å²) in [7, 11) is -3.80. The predicted molar refractivity (Wildman–Crippen MR) is 153 cm³/mol. The molecule has 0 aliphatic carbocycles. The van der Waals surface area contributed by atoms with Crippen molar-refractivity contribution in [2.75, 3.05) is 44.3 Å². The van der Waals surface area contributed by atoms with Gasteiger partial charge in [-0.05, 0) is 54.7 Å². The molecule has 3 aliphatic rings. The minimum atomic E-state index is -3.80. The second-order valence-electron chi connectivity index (χ2n) is 11.3. The quantitative estimate of drug-likeness (QED) is 0.470. The molecule has 220 valence electrons. The fourth-order valence-corrected chi connectivity index (χ4v) is 7.65. The van der Waals surface area contributed by atoms with Crippen LogP contribution in [0.15, 0.2) is 48.8 Å². The van der Waals surface area contributed by atoms with Crippen LogP contribution in [0, 0.1) is 5.92 Å². The van der Waals surface area contributed by atoms with Crippen molar-refractivity contribution in [3.63, 3.8) is 0 Å². The van der Waals surface area contributed by atoms with Gasteiger partial charge in [0.2, 0.25) is 15.9 Å². The molecule has 3 unspecified atom stereocenters. The van der Waals surface area contributed by atoms with E-state index in [9.17, 15) is 22.8 Å². The highest BCUT2D eigenvalue weighted by molar-refractivity contribution is 7.88. The molecule has 2 amide bonds. The topological polar surface area (TPSA) is 129 Å². The van der Waals surface area contributed by atoms with Crippen molar-refractivity contribution in [1.29, 1.82) is 0 Å². The zero-order valence-corrected chi connectivity index (χ0v) is 24.3. The summed E-state index contributed by atoms with van der Waals surface area (Å²) in [6.45, 7) is 6.81. The number of likely N-dealkylation sites (tertiary alicyclic amines) is 1. The molecule has 3 saturated heterocycles. The zero-order chi connectivity index (χ0) is 29.1. The first-order chi connectivity index (χ1) is 19.6. The first kappa shape index (κ1) is 29.2. The number of ether oxygens (including phenoxy) is 1. The Morgan fingerprint density at radius 2 is 1.83 bits per heavy atom. The third kappa shape index (κ3) is 6.44. The van der Waals surface area contributed by atoms with E-state index in [4.69, 9.17) is 4.74 Å². The number of nitrogens with zero attached hydrogens (tertiary/aromatic N) is 4. The molecule has 11 nitrogen and oxygen atoms in total. The summed E-state index contributed by atoms with van der Waals surface area (Å²) in [4.78, 5) is 47.8. The first-order valence-corrected chi connectivity index (χ1v) is 15.7. The number of hydrogen-bond acceptors (Lipinski definition) is 8. The zero-order valence-electron chi connectivity index (χ0n) is 23.4. The fourth-order valence-electron chi connectivity index (χ4n) is 5.94. The Bertz CT molecular complexity index is 1360. The number of Topliss-reactive ketones (excluding diaryl/α,β-unsaturated/α-hetero) is 1. The van der Waals surface area contributed by atoms with Gasteiger partial charge in [0.05, 0.1) is 31.6 Å². The average Bonchev–Trinajstić information content (AvgIpc) is 3.54. The lowest BCUT2D eigenvalue weighted by Crippen LogP contribution is -2.53. The maximum Gasteiger partial charge on any atom is 0.251 e. The Kier molecular flexibility index (Phi) is 8.71. The second kappa shape index (κ2) is 12.3. The number of amides is 2. The molecule has 1 N–H and O–H groups in total. The van der Waals surface area contributed by atoms with E-state index in [1.165, 1.54) is 15.4 Å². The largest absolute Gasteiger partial charge is 0.378 e. The lowest BCUT2D eigenvalue weighted by Gasteiger charge is -2.29. The smallest absolute Gasteiger partial charge is 0.251 e. The predicted octanol–water partition coefficient (Wildman–Crippen LogP) is 1.45. The molecule has 4 heterocycles. The minimum absolute atomic E-state index is 0.0991. The summed E-state index contributed by atoms with van der Waals surface area (Å²) in [5.74, 6) is -1.19. The van der Waals surface area contributed by atoms with Gasteiger partial charge in [-0.25, -0.2) is 8.42 Å². The average molecular weight is 584 g/mol. The van der Waals surface area contributed by atoms with Crippen LogP contribution in [-0.4, -0.2) is 97.7 Å². The summed E-state index contributed by atoms with van der Waals surface area (Å²) < 4.78 is 33.1. The standard InChI is InChI=1S/C29H37N5O6S/c1-20(2)16-24(31-28(36)22-5-7-23(8-6-22)32-12-14-40-15-13-32)29(37)33-11-9-25-27(33)26(35)18-34(25)41(38,39)19-21-4-3-10-30-17-21/h3-8,10,17,20,24-25,27H,9,11-16,18-19H2,1-2H3,(H,31,36). The Balaban J connectivity index is 1.28. The van der Waals surface area contributed by atoms with Crippen molar-refractivity contribution in [3.8, 4) is 0 Å². The van der Waals surface area contributed by atoms with Crippen molar-refractivity contribution in [3.05, 3.63) is 59.9 Å². The SMILES string of the molecule is CC(C)CC(NC(=O)c1ccc(N2CCOCC2)cc1)C(=O)N1CCC2C1C(=O)CN2S(=O)(=O)Cc1cccnc1. The third-order valence-corrected chi connectivity index (χ3v) is 9.72. The summed E-state index contributed by atoms with van der Waals surface area (Å²) in [5.41, 5.74) is 1.98. The molecule has 3 atom stereocenters. The molecular weight excluding hydrogens is 546 g/mol. The molecule has 0 radical (unpaired) electrons. The van der Waals surface area contributed by atoms with Crippen LogP contribution in [0.3, 0.4) is 0 Å². The molecule has 1 aromatic carbocycles. The second-order valence-corrected chi connectivity index (χ2v) is 13.2. The van der Waals surface area contributed by atoms with Gasteiger partial charge in [-0.15, -0.1) is 0 Å². The number of ketones is 1. The Morgan fingerprint density at radius 1 is 1.10 bits per heavy atom. The number of benzene rings is 1. The number of anilines is 1. The van der Waals surface area contributed by atoms with E-state index < -0.39 is 28.1 Å². The number of sulfonamides is 1. The Hall–Kier alpha value is -3.35. The van der Waals surface area contributed by atoms with Gasteiger partial charge in [0.25, 0.3) is 5.91 Å². The van der Waals surface area contributed by atoms with Crippen LogP contribution in [0.2, 0.25) is 0 Å². The summed E-state index contributed by atoms with van der Waals surface area (Å²) >= 11 is 0. The number of hydrogen-bond donors (Lipinski definition) is 1. The number of carbonyl (C=O) groups is 3. The molecule has 41 heavy (non-hydrogen) atoms. The van der Waals surface area contributed by atoms with E-state index in [0.29, 0.717) is 37.2 Å². The molecule has 12 heteroatoms. The maximum atomic E-state index is 13.8. The van der Waals surface area contributed by atoms with Crippen molar-refractivity contribution >= 4 is 33.3 Å². The number of pyridine rings is 1. The highest BCUT2D eigenvalue weighted by atomic mass is 32.2. The van der Waals surface area contributed by atoms with Crippen LogP contribution in [0.1, 0.15) is 42.6 Å². The first-order valence-electron chi connectivity index (χ1n) is 14.1. The number of aromatic nitrogens is 1. The van der Waals surface area contributed by atoms with Crippen molar-refractivity contribution in [1.82, 2.24) is 19.5 Å². The van der Waals surface area contributed by atoms with Crippen molar-refractivity contribution in [2.24, 2.45) is 5.92 Å². The van der Waals surface area contributed by atoms with Gasteiger partial charge in [-0.1, -0.05) is 19.9 Å². The molecule has 0 bridgehead atoms. The monoisotopic (exact) mass is 583 g/mol. The number of rotatable bonds is 9. The highest BCUT2D eigenvalue weighted by Gasteiger charge is 2.54. The van der Waals surface area contributed by atoms with Gasteiger partial charge >= 0.3 is 0 Å². The number of morpholine rings is 1. The van der Waals surface area contributed by atoms with Gasteiger partial charge in [-0.3, -0.25) is 19.4 Å². The van der Waals surface area contributed by atoms with Gasteiger partial charge in [0.1, 0.15) is 12.1 Å². The van der Waals surface area contributed by atoms with E-state index in [1.807, 2.05) is 26.0 Å². The summed E-state index contributed by atoms with van der Waals surface area (Å²) in [6.07, 6.45) is 3.81. The van der Waals surface area contributed by atoms with E-state index in [-0.39, 0.29) is 42.4 Å². The van der Waals surface area contributed by atoms with Crippen LogP contribution in [0.25, 0.3) is 0 Å². The van der Waals surface area contributed by atoms with Crippen molar-refractivity contribution in [2.45, 2.75) is 50.6 Å². The van der Waals surface area contributed by atoms with E-state index in [2.05, 4.69) is 15.2 Å². The van der Waals surface area contributed by atoms with E-state index >= 15 is 0 Å². The van der Waals surface area contributed by atoms with Crippen LogP contribution >= 0.6 is 0 Å². The molecule has 3 aliphatic heterocycles. The molecular formula is C29H37N5O6S. The van der Waals surface area contributed by atoms with Crippen LogP contribution in [0.5, 0.6) is 0 Å². The molecule has 2 aromatic rings. The van der Waals surface area contributed by atoms with Crippen LogP contribution in [-0.2, 0) is 30.1 Å². The van der Waals surface area contributed by atoms with Gasteiger partial charge in [0, 0.05) is 43.3 Å². The molecule has 0 saturated carbocycles. The lowest BCUT2D eigenvalue weighted by molar-refractivity contribution is -0.138. The van der Waals surface area contributed by atoms with Crippen molar-refractivity contribution < 1.29 is 27.5 Å². The van der Waals surface area contributed by atoms with Crippen LogP contribution in [0.4, 0.5) is 5.69 Å². The molecule has 3 fully saturated rings. The number of fused-ring (bicyclic) bond motifs is 1. The lowest BCUT2D eigenvalue weighted by atomic mass is 10.0. The summed E-state index contributed by atoms with van der Waals surface area (Å²) in [5, 5.41) is 2.90.